The van der Waals surface area contributed by atoms with Crippen LogP contribution in [-0.2, 0) is 0 Å². The molecule has 1 aliphatic heterocycles. The van der Waals surface area contributed by atoms with Gasteiger partial charge in [0.25, 0.3) is 5.91 Å². The van der Waals surface area contributed by atoms with Crippen LogP contribution in [0.3, 0.4) is 0 Å². The van der Waals surface area contributed by atoms with Crippen molar-refractivity contribution in [2.45, 2.75) is 39.2 Å². The summed E-state index contributed by atoms with van der Waals surface area (Å²) in [5.41, 5.74) is 0.147. The van der Waals surface area contributed by atoms with Crippen molar-refractivity contribution in [3.05, 3.63) is 33.8 Å². The van der Waals surface area contributed by atoms with Gasteiger partial charge in [0.2, 0.25) is 0 Å². The smallest absolute Gasteiger partial charge is 0.317 e. The molecule has 1 heterocycles. The van der Waals surface area contributed by atoms with E-state index in [1.165, 1.54) is 0 Å². The molecule has 25 heavy (non-hydrogen) atoms. The standard InChI is InChI=1S/C18H25Cl2N3O2/c1-18(2,3)22-17(25)23-8-6-12(7-9-23)11-21-16(24)14-10-13(19)4-5-15(14)20/h4-5,10,12H,6-9,11H2,1-3H3,(H,21,24)(H,22,25). The van der Waals surface area contributed by atoms with Gasteiger partial charge in [-0.1, -0.05) is 23.2 Å². The molecule has 0 unspecified atom stereocenters. The van der Waals surface area contributed by atoms with Crippen LogP contribution in [0.5, 0.6) is 0 Å². The Balaban J connectivity index is 1.79. The number of amides is 3. The molecule has 1 aromatic rings. The van der Waals surface area contributed by atoms with E-state index in [0.717, 1.165) is 12.8 Å². The van der Waals surface area contributed by atoms with E-state index < -0.39 is 0 Å². The predicted octanol–water partition coefficient (Wildman–Crippen LogP) is 3.94. The number of rotatable bonds is 3. The Morgan fingerprint density at radius 1 is 1.20 bits per heavy atom. The number of nitrogens with zero attached hydrogens (tertiary/aromatic N) is 1. The Hall–Kier alpha value is -1.46. The van der Waals surface area contributed by atoms with E-state index in [2.05, 4.69) is 10.6 Å². The third kappa shape index (κ3) is 6.08. The molecule has 0 aliphatic carbocycles. The lowest BCUT2D eigenvalue weighted by Gasteiger charge is -2.34. The van der Waals surface area contributed by atoms with Gasteiger partial charge in [0, 0.05) is 30.2 Å². The van der Waals surface area contributed by atoms with Crippen LogP contribution in [0, 0.1) is 5.92 Å². The maximum absolute atomic E-state index is 12.3. The molecule has 0 radical (unpaired) electrons. The van der Waals surface area contributed by atoms with Gasteiger partial charge in [-0.3, -0.25) is 4.79 Å². The zero-order valence-electron chi connectivity index (χ0n) is 14.9. The van der Waals surface area contributed by atoms with Crippen molar-refractivity contribution in [1.29, 1.82) is 0 Å². The van der Waals surface area contributed by atoms with Crippen LogP contribution in [0.25, 0.3) is 0 Å². The largest absolute Gasteiger partial charge is 0.352 e. The van der Waals surface area contributed by atoms with Crippen LogP contribution >= 0.6 is 23.2 Å². The summed E-state index contributed by atoms with van der Waals surface area (Å²) >= 11 is 12.0. The summed E-state index contributed by atoms with van der Waals surface area (Å²) in [4.78, 5) is 26.3. The molecule has 138 valence electrons. The highest BCUT2D eigenvalue weighted by Crippen LogP contribution is 2.21. The molecule has 5 nitrogen and oxygen atoms in total. The molecule has 2 N–H and O–H groups in total. The molecule has 0 atom stereocenters. The first-order chi connectivity index (χ1) is 11.7. The van der Waals surface area contributed by atoms with Crippen LogP contribution in [0.15, 0.2) is 18.2 Å². The van der Waals surface area contributed by atoms with Gasteiger partial charge in [0.1, 0.15) is 0 Å². The minimum absolute atomic E-state index is 0.0271. The summed E-state index contributed by atoms with van der Waals surface area (Å²) in [6, 6.07) is 4.81. The maximum atomic E-state index is 12.3. The van der Waals surface area contributed by atoms with Crippen LogP contribution in [0.1, 0.15) is 44.0 Å². The van der Waals surface area contributed by atoms with Gasteiger partial charge in [-0.2, -0.15) is 0 Å². The highest BCUT2D eigenvalue weighted by atomic mass is 35.5. The summed E-state index contributed by atoms with van der Waals surface area (Å²) in [5.74, 6) is 0.126. The molecule has 7 heteroatoms. The number of benzene rings is 1. The topological polar surface area (TPSA) is 61.4 Å². The Morgan fingerprint density at radius 3 is 2.44 bits per heavy atom. The predicted molar refractivity (Wildman–Crippen MR) is 101 cm³/mol. The number of urea groups is 1. The van der Waals surface area contributed by atoms with Crippen molar-refractivity contribution in [3.63, 3.8) is 0 Å². The Labute approximate surface area is 159 Å². The lowest BCUT2D eigenvalue weighted by atomic mass is 9.96. The summed E-state index contributed by atoms with van der Waals surface area (Å²) < 4.78 is 0. The molecule has 1 aliphatic rings. The van der Waals surface area contributed by atoms with Crippen LogP contribution in [0.4, 0.5) is 4.79 Å². The molecular weight excluding hydrogens is 361 g/mol. The molecular formula is C18H25Cl2N3O2. The lowest BCUT2D eigenvalue weighted by Crippen LogP contribution is -2.51. The van der Waals surface area contributed by atoms with Crippen molar-refractivity contribution < 1.29 is 9.59 Å². The number of likely N-dealkylation sites (tertiary alicyclic amines) is 1. The lowest BCUT2D eigenvalue weighted by molar-refractivity contribution is 0.0937. The van der Waals surface area contributed by atoms with Crippen LogP contribution in [-0.4, -0.2) is 42.0 Å². The Morgan fingerprint density at radius 2 is 1.84 bits per heavy atom. The minimum Gasteiger partial charge on any atom is -0.352 e. The number of carbonyl (C=O) groups is 2. The number of hydrogen-bond acceptors (Lipinski definition) is 2. The van der Waals surface area contributed by atoms with Crippen molar-refractivity contribution >= 4 is 35.1 Å². The van der Waals surface area contributed by atoms with Crippen LogP contribution < -0.4 is 10.6 Å². The molecule has 2 rings (SSSR count). The van der Waals surface area contributed by atoms with E-state index in [-0.39, 0.29) is 17.5 Å². The molecule has 0 bridgehead atoms. The van der Waals surface area contributed by atoms with Gasteiger partial charge in [0.05, 0.1) is 10.6 Å². The average molecular weight is 386 g/mol. The van der Waals surface area contributed by atoms with Crippen molar-refractivity contribution in [1.82, 2.24) is 15.5 Å². The second-order valence-electron chi connectivity index (χ2n) is 7.44. The van der Waals surface area contributed by atoms with Crippen molar-refractivity contribution in [3.8, 4) is 0 Å². The molecule has 1 fully saturated rings. The maximum Gasteiger partial charge on any atom is 0.317 e. The van der Waals surface area contributed by atoms with Gasteiger partial charge < -0.3 is 15.5 Å². The number of halogens is 2. The van der Waals surface area contributed by atoms with Gasteiger partial charge in [-0.15, -0.1) is 0 Å². The fraction of sp³-hybridized carbons (Fsp3) is 0.556. The molecule has 3 amide bonds. The van der Waals surface area contributed by atoms with Crippen molar-refractivity contribution in [2.24, 2.45) is 5.92 Å². The number of hydrogen-bond donors (Lipinski definition) is 2. The summed E-state index contributed by atoms with van der Waals surface area (Å²) in [7, 11) is 0. The second kappa shape index (κ2) is 8.28. The second-order valence-corrected chi connectivity index (χ2v) is 8.29. The van der Waals surface area contributed by atoms with E-state index in [4.69, 9.17) is 23.2 Å². The van der Waals surface area contributed by atoms with Crippen molar-refractivity contribution in [2.75, 3.05) is 19.6 Å². The number of piperidine rings is 1. The summed E-state index contributed by atoms with van der Waals surface area (Å²) in [6.07, 6.45) is 1.72. The van der Waals surface area contributed by atoms with E-state index >= 15 is 0 Å². The number of carbonyl (C=O) groups excluding carboxylic acids is 2. The Kier molecular flexibility index (Phi) is 6.58. The normalized spacial score (nSPS) is 15.8. The Bertz CT molecular complexity index is 636. The monoisotopic (exact) mass is 385 g/mol. The minimum atomic E-state index is -0.238. The van der Waals surface area contributed by atoms with E-state index in [9.17, 15) is 9.59 Å². The quantitative estimate of drug-likeness (QED) is 0.827. The summed E-state index contributed by atoms with van der Waals surface area (Å²) in [6.45, 7) is 7.85. The highest BCUT2D eigenvalue weighted by Gasteiger charge is 2.25. The first-order valence-electron chi connectivity index (χ1n) is 8.46. The van der Waals surface area contributed by atoms with Crippen LogP contribution in [0.2, 0.25) is 10.0 Å². The first kappa shape index (κ1) is 19.9. The van der Waals surface area contributed by atoms with Gasteiger partial charge >= 0.3 is 6.03 Å². The average Bonchev–Trinajstić information content (AvgIpc) is 2.53. The molecule has 0 saturated carbocycles. The summed E-state index contributed by atoms with van der Waals surface area (Å²) in [5, 5.41) is 6.76. The molecule has 0 aromatic heterocycles. The SMILES string of the molecule is CC(C)(C)NC(=O)N1CCC(CNC(=O)c2cc(Cl)ccc2Cl)CC1. The fourth-order valence-electron chi connectivity index (χ4n) is 2.74. The molecule has 1 saturated heterocycles. The first-order valence-corrected chi connectivity index (χ1v) is 9.21. The highest BCUT2D eigenvalue weighted by molar-refractivity contribution is 6.35. The molecule has 1 aromatic carbocycles. The van der Waals surface area contributed by atoms with Gasteiger partial charge in [-0.05, 0) is 57.7 Å². The number of nitrogens with one attached hydrogen (secondary N) is 2. The van der Waals surface area contributed by atoms with E-state index in [1.54, 1.807) is 18.2 Å². The van der Waals surface area contributed by atoms with E-state index in [0.29, 0.717) is 41.2 Å². The zero-order chi connectivity index (χ0) is 18.6. The van der Waals surface area contributed by atoms with E-state index in [1.807, 2.05) is 25.7 Å². The third-order valence-corrected chi connectivity index (χ3v) is 4.67. The van der Waals surface area contributed by atoms with Gasteiger partial charge in [-0.25, -0.2) is 4.79 Å². The third-order valence-electron chi connectivity index (χ3n) is 4.11. The molecule has 0 spiro atoms. The van der Waals surface area contributed by atoms with Gasteiger partial charge in [0.15, 0.2) is 0 Å². The fourth-order valence-corrected chi connectivity index (χ4v) is 3.12. The zero-order valence-corrected chi connectivity index (χ0v) is 16.4.